The number of aryl methyl sites for hydroxylation is 2. The molecule has 1 aromatic heterocycles. The van der Waals surface area contributed by atoms with Crippen molar-refractivity contribution in [2.75, 3.05) is 28.8 Å². The molecule has 1 fully saturated rings. The van der Waals surface area contributed by atoms with Gasteiger partial charge in [0.1, 0.15) is 0 Å². The summed E-state index contributed by atoms with van der Waals surface area (Å²) in [6, 6.07) is 6.01. The molecule has 24 heavy (non-hydrogen) atoms. The van der Waals surface area contributed by atoms with E-state index in [9.17, 15) is 8.42 Å². The Balaban J connectivity index is 1.79. The summed E-state index contributed by atoms with van der Waals surface area (Å²) in [5.41, 5.74) is 3.27. The summed E-state index contributed by atoms with van der Waals surface area (Å²) in [4.78, 5) is 6.27. The number of aromatic nitrogens is 3. The molecule has 1 unspecified atom stereocenters. The van der Waals surface area contributed by atoms with E-state index in [1.807, 2.05) is 33.0 Å². The van der Waals surface area contributed by atoms with Crippen molar-refractivity contribution in [3.63, 3.8) is 0 Å². The molecule has 3 rings (SSSR count). The molecule has 0 saturated carbocycles. The Kier molecular flexibility index (Phi) is 4.40. The van der Waals surface area contributed by atoms with Gasteiger partial charge in [0.25, 0.3) is 0 Å². The van der Waals surface area contributed by atoms with Gasteiger partial charge in [0.15, 0.2) is 15.7 Å². The van der Waals surface area contributed by atoms with Crippen molar-refractivity contribution >= 4 is 27.3 Å². The number of nitrogens with one attached hydrogen (secondary N) is 1. The zero-order valence-corrected chi connectivity index (χ0v) is 14.8. The van der Waals surface area contributed by atoms with Gasteiger partial charge in [-0.05, 0) is 31.9 Å². The molecule has 2 heterocycles. The van der Waals surface area contributed by atoms with Gasteiger partial charge in [0, 0.05) is 18.8 Å². The first-order chi connectivity index (χ1) is 11.3. The molecule has 2 aromatic rings. The monoisotopic (exact) mass is 347 g/mol. The smallest absolute Gasteiger partial charge is 0.247 e. The van der Waals surface area contributed by atoms with Gasteiger partial charge in [-0.15, -0.1) is 5.10 Å². The van der Waals surface area contributed by atoms with Crippen LogP contribution in [-0.4, -0.2) is 48.2 Å². The zero-order chi connectivity index (χ0) is 17.3. The largest absolute Gasteiger partial charge is 0.339 e. The van der Waals surface area contributed by atoms with Gasteiger partial charge >= 0.3 is 0 Å². The van der Waals surface area contributed by atoms with Crippen LogP contribution in [0.15, 0.2) is 24.4 Å². The van der Waals surface area contributed by atoms with E-state index in [4.69, 9.17) is 0 Å². The number of nitrogens with zero attached hydrogens (tertiary/aromatic N) is 4. The molecular weight excluding hydrogens is 326 g/mol. The molecule has 1 aliphatic heterocycles. The van der Waals surface area contributed by atoms with Crippen molar-refractivity contribution in [1.29, 1.82) is 0 Å². The van der Waals surface area contributed by atoms with Gasteiger partial charge in [-0.25, -0.2) is 8.42 Å². The van der Waals surface area contributed by atoms with Crippen LogP contribution in [0.5, 0.6) is 0 Å². The van der Waals surface area contributed by atoms with Crippen LogP contribution in [-0.2, 0) is 9.84 Å². The van der Waals surface area contributed by atoms with E-state index >= 15 is 0 Å². The highest BCUT2D eigenvalue weighted by Gasteiger charge is 2.31. The summed E-state index contributed by atoms with van der Waals surface area (Å²) < 4.78 is 23.3. The Morgan fingerprint density at radius 3 is 2.75 bits per heavy atom. The fraction of sp³-hybridized carbons (Fsp3) is 0.438. The number of anilines is 3. The highest BCUT2D eigenvalue weighted by molar-refractivity contribution is 7.91. The molecule has 1 atom stereocenters. The minimum absolute atomic E-state index is 0.104. The first-order valence-corrected chi connectivity index (χ1v) is 9.63. The number of hydrogen-bond acceptors (Lipinski definition) is 7. The predicted octanol–water partition coefficient (Wildman–Crippen LogP) is 1.86. The van der Waals surface area contributed by atoms with Crippen molar-refractivity contribution in [1.82, 2.24) is 15.2 Å². The first-order valence-electron chi connectivity index (χ1n) is 7.81. The minimum atomic E-state index is -2.95. The Hall–Kier alpha value is -2.22. The first kappa shape index (κ1) is 16.6. The normalized spacial score (nSPS) is 19.2. The average molecular weight is 347 g/mol. The standard InChI is InChI=1S/C16H21N5O2S/c1-11-4-5-14(12(2)8-11)18-15-9-17-20-16(19-15)21(3)13-6-7-24(22,23)10-13/h4-5,8-9,13H,6-7,10H2,1-3H3,(H,18,19,20). The lowest BCUT2D eigenvalue weighted by molar-refractivity contribution is 0.600. The second-order valence-corrected chi connectivity index (χ2v) is 8.48. The summed E-state index contributed by atoms with van der Waals surface area (Å²) in [5, 5.41) is 11.3. The van der Waals surface area contributed by atoms with Crippen LogP contribution >= 0.6 is 0 Å². The van der Waals surface area contributed by atoms with E-state index in [2.05, 4.69) is 26.6 Å². The topological polar surface area (TPSA) is 88.1 Å². The summed E-state index contributed by atoms with van der Waals surface area (Å²) in [5.74, 6) is 1.36. The fourth-order valence-corrected chi connectivity index (χ4v) is 4.61. The summed E-state index contributed by atoms with van der Waals surface area (Å²) in [6.45, 7) is 4.08. The number of benzene rings is 1. The molecule has 8 heteroatoms. The second kappa shape index (κ2) is 6.35. The number of rotatable bonds is 4. The van der Waals surface area contributed by atoms with Crippen LogP contribution in [0.3, 0.4) is 0 Å². The van der Waals surface area contributed by atoms with Crippen LogP contribution in [0, 0.1) is 13.8 Å². The highest BCUT2D eigenvalue weighted by Crippen LogP contribution is 2.23. The molecule has 128 valence electrons. The average Bonchev–Trinajstić information content (AvgIpc) is 2.90. The van der Waals surface area contributed by atoms with Crippen LogP contribution < -0.4 is 10.2 Å². The van der Waals surface area contributed by atoms with Gasteiger partial charge in [-0.2, -0.15) is 10.1 Å². The van der Waals surface area contributed by atoms with Crippen molar-refractivity contribution in [2.45, 2.75) is 26.3 Å². The quantitative estimate of drug-likeness (QED) is 0.903. The maximum Gasteiger partial charge on any atom is 0.247 e. The maximum atomic E-state index is 11.7. The third kappa shape index (κ3) is 3.64. The molecule has 1 aliphatic rings. The van der Waals surface area contributed by atoms with E-state index in [1.165, 1.54) is 5.56 Å². The van der Waals surface area contributed by atoms with Gasteiger partial charge in [0.2, 0.25) is 5.95 Å². The van der Waals surface area contributed by atoms with Crippen LogP contribution in [0.1, 0.15) is 17.5 Å². The SMILES string of the molecule is Cc1ccc(Nc2cnnc(N(C)C3CCS(=O)(=O)C3)n2)c(C)c1. The Labute approximate surface area is 142 Å². The molecular formula is C16H21N5O2S. The third-order valence-electron chi connectivity index (χ3n) is 4.26. The fourth-order valence-electron chi connectivity index (χ4n) is 2.84. The molecule has 7 nitrogen and oxygen atoms in total. The van der Waals surface area contributed by atoms with Crippen LogP contribution in [0.4, 0.5) is 17.5 Å². The van der Waals surface area contributed by atoms with Crippen LogP contribution in [0.2, 0.25) is 0 Å². The Bertz CT molecular complexity index is 853. The second-order valence-electron chi connectivity index (χ2n) is 6.25. The predicted molar refractivity (Wildman–Crippen MR) is 94.5 cm³/mol. The van der Waals surface area contributed by atoms with Gasteiger partial charge in [0.05, 0.1) is 17.7 Å². The van der Waals surface area contributed by atoms with E-state index < -0.39 is 9.84 Å². The lowest BCUT2D eigenvalue weighted by atomic mass is 10.1. The highest BCUT2D eigenvalue weighted by atomic mass is 32.2. The lowest BCUT2D eigenvalue weighted by Crippen LogP contribution is -2.34. The van der Waals surface area contributed by atoms with Crippen LogP contribution in [0.25, 0.3) is 0 Å². The zero-order valence-electron chi connectivity index (χ0n) is 14.0. The van der Waals surface area contributed by atoms with Gasteiger partial charge in [-0.3, -0.25) is 0 Å². The van der Waals surface area contributed by atoms with Gasteiger partial charge in [-0.1, -0.05) is 17.7 Å². The molecule has 1 aromatic carbocycles. The summed E-state index contributed by atoms with van der Waals surface area (Å²) >= 11 is 0. The molecule has 0 aliphatic carbocycles. The minimum Gasteiger partial charge on any atom is -0.339 e. The summed E-state index contributed by atoms with van der Waals surface area (Å²) in [6.07, 6.45) is 2.15. The molecule has 0 amide bonds. The van der Waals surface area contributed by atoms with Crippen molar-refractivity contribution < 1.29 is 8.42 Å². The van der Waals surface area contributed by atoms with E-state index in [0.717, 1.165) is 11.3 Å². The molecule has 1 saturated heterocycles. The molecule has 1 N–H and O–H groups in total. The van der Waals surface area contributed by atoms with Crippen molar-refractivity contribution in [2.24, 2.45) is 0 Å². The Morgan fingerprint density at radius 1 is 1.29 bits per heavy atom. The van der Waals surface area contributed by atoms with E-state index in [0.29, 0.717) is 18.2 Å². The van der Waals surface area contributed by atoms with Crippen molar-refractivity contribution in [3.8, 4) is 0 Å². The lowest BCUT2D eigenvalue weighted by Gasteiger charge is -2.23. The Morgan fingerprint density at radius 2 is 2.08 bits per heavy atom. The third-order valence-corrected chi connectivity index (χ3v) is 6.01. The molecule has 0 radical (unpaired) electrons. The number of sulfone groups is 1. The van der Waals surface area contributed by atoms with Gasteiger partial charge < -0.3 is 10.2 Å². The maximum absolute atomic E-state index is 11.7. The van der Waals surface area contributed by atoms with E-state index in [1.54, 1.807) is 11.1 Å². The summed E-state index contributed by atoms with van der Waals surface area (Å²) in [7, 11) is -1.14. The molecule has 0 spiro atoms. The molecule has 0 bridgehead atoms. The van der Waals surface area contributed by atoms with Crippen molar-refractivity contribution in [3.05, 3.63) is 35.5 Å². The number of hydrogen-bond donors (Lipinski definition) is 1. The van der Waals surface area contributed by atoms with E-state index in [-0.39, 0.29) is 17.5 Å².